The van der Waals surface area contributed by atoms with Gasteiger partial charge in [-0.2, -0.15) is 4.98 Å². The average Bonchev–Trinajstić information content (AvgIpc) is 2.82. The van der Waals surface area contributed by atoms with E-state index in [2.05, 4.69) is 51.2 Å². The second-order valence-electron chi connectivity index (χ2n) is 8.63. The summed E-state index contributed by atoms with van der Waals surface area (Å²) in [5.74, 6) is 0.611. The van der Waals surface area contributed by atoms with Crippen LogP contribution in [0.25, 0.3) is 0 Å². The van der Waals surface area contributed by atoms with E-state index in [4.69, 9.17) is 11.6 Å². The molecule has 0 aliphatic carbocycles. The lowest BCUT2D eigenvalue weighted by Crippen LogP contribution is -2.50. The van der Waals surface area contributed by atoms with E-state index in [9.17, 15) is 9.90 Å². The number of amides is 1. The summed E-state index contributed by atoms with van der Waals surface area (Å²) in [7, 11) is 2.16. The molecule has 34 heavy (non-hydrogen) atoms. The fraction of sp³-hybridized carbons (Fsp3) is 0.320. The maximum Gasteiger partial charge on any atom is 0.413 e. The Bertz CT molecular complexity index is 1160. The molecule has 3 aromatic rings. The van der Waals surface area contributed by atoms with Gasteiger partial charge in [-0.25, -0.2) is 9.78 Å². The van der Waals surface area contributed by atoms with Crippen molar-refractivity contribution in [3.05, 3.63) is 70.9 Å². The Morgan fingerprint density at radius 3 is 2.68 bits per heavy atom. The summed E-state index contributed by atoms with van der Waals surface area (Å²) in [6, 6.07) is 15.6. The maximum atomic E-state index is 12.0. The molecule has 8 nitrogen and oxygen atoms in total. The largest absolute Gasteiger partial charge is 0.465 e. The molecule has 1 amide bonds. The van der Waals surface area contributed by atoms with Crippen LogP contribution in [-0.4, -0.2) is 58.8 Å². The van der Waals surface area contributed by atoms with E-state index in [0.717, 1.165) is 36.4 Å². The van der Waals surface area contributed by atoms with Crippen molar-refractivity contribution < 1.29 is 9.90 Å². The zero-order chi connectivity index (χ0) is 24.2. The van der Waals surface area contributed by atoms with Gasteiger partial charge in [0.1, 0.15) is 5.82 Å². The van der Waals surface area contributed by atoms with Gasteiger partial charge in [0.25, 0.3) is 0 Å². The second-order valence-corrected chi connectivity index (χ2v) is 9.06. The van der Waals surface area contributed by atoms with Crippen LogP contribution < -0.4 is 15.1 Å². The number of carbonyl (C=O) groups is 1. The van der Waals surface area contributed by atoms with Crippen molar-refractivity contribution in [2.75, 3.05) is 41.8 Å². The van der Waals surface area contributed by atoms with Gasteiger partial charge >= 0.3 is 6.09 Å². The van der Waals surface area contributed by atoms with Gasteiger partial charge in [0, 0.05) is 48.3 Å². The van der Waals surface area contributed by atoms with Crippen molar-refractivity contribution >= 4 is 40.8 Å². The number of anilines is 4. The first-order chi connectivity index (χ1) is 16.3. The lowest BCUT2D eigenvalue weighted by atomic mass is 10.1. The molecule has 2 heterocycles. The van der Waals surface area contributed by atoms with Crippen molar-refractivity contribution in [2.24, 2.45) is 0 Å². The number of carboxylic acid groups (broad SMARTS) is 1. The van der Waals surface area contributed by atoms with Crippen LogP contribution in [0.1, 0.15) is 18.1 Å². The van der Waals surface area contributed by atoms with Crippen LogP contribution in [0.15, 0.2) is 54.7 Å². The highest BCUT2D eigenvalue weighted by Crippen LogP contribution is 2.24. The van der Waals surface area contributed by atoms with Gasteiger partial charge in [0.2, 0.25) is 5.95 Å². The predicted molar refractivity (Wildman–Crippen MR) is 136 cm³/mol. The molecular formula is C25H29ClN6O2. The Labute approximate surface area is 204 Å². The van der Waals surface area contributed by atoms with Crippen molar-refractivity contribution in [3.63, 3.8) is 0 Å². The smallest absolute Gasteiger partial charge is 0.413 e. The molecule has 0 bridgehead atoms. The number of halogens is 1. The lowest BCUT2D eigenvalue weighted by Gasteiger charge is -2.39. The Hall–Kier alpha value is -3.36. The second kappa shape index (κ2) is 10.3. The molecule has 1 fully saturated rings. The summed E-state index contributed by atoms with van der Waals surface area (Å²) in [6.07, 6.45) is 0.445. The molecule has 4 rings (SSSR count). The van der Waals surface area contributed by atoms with Gasteiger partial charge in [-0.1, -0.05) is 17.7 Å². The third-order valence-corrected chi connectivity index (χ3v) is 6.47. The zero-order valence-electron chi connectivity index (χ0n) is 19.6. The van der Waals surface area contributed by atoms with Crippen molar-refractivity contribution in [1.82, 2.24) is 14.9 Å². The molecule has 0 radical (unpaired) electrons. The minimum Gasteiger partial charge on any atom is -0.465 e. The molecule has 0 saturated carbocycles. The number of likely N-dealkylation sites (N-methyl/N-ethyl adjacent to an activating group) is 1. The van der Waals surface area contributed by atoms with Gasteiger partial charge < -0.3 is 20.2 Å². The quantitative estimate of drug-likeness (QED) is 0.513. The van der Waals surface area contributed by atoms with E-state index < -0.39 is 6.09 Å². The fourth-order valence-corrected chi connectivity index (χ4v) is 4.15. The topological polar surface area (TPSA) is 84.8 Å². The minimum atomic E-state index is -1.10. The third-order valence-electron chi connectivity index (χ3n) is 6.24. The standard InChI is InChI=1S/C25H29ClN6O2/c1-17-4-5-20(26)14-19(17)16-32(25(33)34)23-10-11-27-24(29-23)28-21-6-8-22(9-7-21)31-13-12-30(3)18(2)15-31/h4-11,14,18H,12-13,15-16H2,1-3H3,(H,33,34)(H,27,28,29). The highest BCUT2D eigenvalue weighted by Gasteiger charge is 2.21. The van der Waals surface area contributed by atoms with Crippen LogP contribution in [0.5, 0.6) is 0 Å². The third kappa shape index (κ3) is 5.58. The first kappa shape index (κ1) is 23.8. The van der Waals surface area contributed by atoms with Gasteiger partial charge in [-0.3, -0.25) is 4.90 Å². The predicted octanol–water partition coefficient (Wildman–Crippen LogP) is 5.01. The number of nitrogens with one attached hydrogen (secondary N) is 1. The maximum absolute atomic E-state index is 12.0. The number of aromatic nitrogens is 2. The molecule has 1 aliphatic heterocycles. The van der Waals surface area contributed by atoms with E-state index >= 15 is 0 Å². The van der Waals surface area contributed by atoms with E-state index in [1.54, 1.807) is 24.4 Å². The van der Waals surface area contributed by atoms with Crippen LogP contribution in [0, 0.1) is 6.92 Å². The number of hydrogen-bond donors (Lipinski definition) is 2. The van der Waals surface area contributed by atoms with Crippen molar-refractivity contribution in [2.45, 2.75) is 26.4 Å². The molecule has 2 aromatic carbocycles. The van der Waals surface area contributed by atoms with Gasteiger partial charge in [-0.15, -0.1) is 0 Å². The molecular weight excluding hydrogens is 452 g/mol. The number of rotatable bonds is 6. The highest BCUT2D eigenvalue weighted by atomic mass is 35.5. The molecule has 2 N–H and O–H groups in total. The van der Waals surface area contributed by atoms with Gasteiger partial charge in [0.15, 0.2) is 0 Å². The summed E-state index contributed by atoms with van der Waals surface area (Å²) in [4.78, 5) is 26.6. The summed E-state index contributed by atoms with van der Waals surface area (Å²) >= 11 is 6.11. The van der Waals surface area contributed by atoms with Crippen LogP contribution in [0.4, 0.5) is 27.9 Å². The van der Waals surface area contributed by atoms with Crippen molar-refractivity contribution in [3.8, 4) is 0 Å². The Morgan fingerprint density at radius 2 is 1.97 bits per heavy atom. The number of nitrogens with zero attached hydrogens (tertiary/aromatic N) is 5. The van der Waals surface area contributed by atoms with E-state index in [0.29, 0.717) is 17.0 Å². The molecule has 1 atom stereocenters. The number of benzene rings is 2. The van der Waals surface area contributed by atoms with Gasteiger partial charge in [-0.05, 0) is 74.5 Å². The highest BCUT2D eigenvalue weighted by molar-refractivity contribution is 6.30. The van der Waals surface area contributed by atoms with Crippen LogP contribution in [0.3, 0.4) is 0 Å². The summed E-state index contributed by atoms with van der Waals surface area (Å²) in [5.41, 5.74) is 3.78. The summed E-state index contributed by atoms with van der Waals surface area (Å²) < 4.78 is 0. The number of aryl methyl sites for hydroxylation is 1. The normalized spacial score (nSPS) is 16.4. The van der Waals surface area contributed by atoms with E-state index in [-0.39, 0.29) is 12.4 Å². The number of hydrogen-bond acceptors (Lipinski definition) is 6. The van der Waals surface area contributed by atoms with Crippen LogP contribution >= 0.6 is 11.6 Å². The summed E-state index contributed by atoms with van der Waals surface area (Å²) in [5, 5.41) is 13.6. The first-order valence-corrected chi connectivity index (χ1v) is 11.6. The summed E-state index contributed by atoms with van der Waals surface area (Å²) in [6.45, 7) is 7.32. The molecule has 178 valence electrons. The zero-order valence-corrected chi connectivity index (χ0v) is 20.3. The van der Waals surface area contributed by atoms with E-state index in [1.807, 2.05) is 25.1 Å². The Kier molecular flexibility index (Phi) is 7.19. The van der Waals surface area contributed by atoms with E-state index in [1.165, 1.54) is 10.6 Å². The molecule has 1 aromatic heterocycles. The van der Waals surface area contributed by atoms with Crippen LogP contribution in [-0.2, 0) is 6.54 Å². The monoisotopic (exact) mass is 480 g/mol. The number of piperazine rings is 1. The lowest BCUT2D eigenvalue weighted by molar-refractivity contribution is 0.201. The Morgan fingerprint density at radius 1 is 1.21 bits per heavy atom. The fourth-order valence-electron chi connectivity index (χ4n) is 3.95. The van der Waals surface area contributed by atoms with Gasteiger partial charge in [0.05, 0.1) is 6.54 Å². The molecule has 1 saturated heterocycles. The molecule has 9 heteroatoms. The first-order valence-electron chi connectivity index (χ1n) is 11.2. The molecule has 1 unspecified atom stereocenters. The SMILES string of the molecule is Cc1ccc(Cl)cc1CN(C(=O)O)c1ccnc(Nc2ccc(N3CCN(C)C(C)C3)cc2)n1. The molecule has 1 aliphatic rings. The molecule has 0 spiro atoms. The van der Waals surface area contributed by atoms with Crippen molar-refractivity contribution in [1.29, 1.82) is 0 Å². The Balaban J connectivity index is 1.48. The minimum absolute atomic E-state index is 0.135. The average molecular weight is 481 g/mol. The van der Waals surface area contributed by atoms with Crippen LogP contribution in [0.2, 0.25) is 5.02 Å².